The number of hydrogen-bond acceptors (Lipinski definition) is 1. The summed E-state index contributed by atoms with van der Waals surface area (Å²) in [5.74, 6) is 0.776. The van der Waals surface area contributed by atoms with Crippen molar-refractivity contribution in [2.45, 2.75) is 38.6 Å². The Hall–Kier alpha value is -0.540. The third-order valence-electron chi connectivity index (χ3n) is 3.53. The molecule has 0 aliphatic heterocycles. The topological polar surface area (TPSA) is 29.1 Å². The van der Waals surface area contributed by atoms with E-state index in [2.05, 4.69) is 28.2 Å². The van der Waals surface area contributed by atoms with Gasteiger partial charge in [0.15, 0.2) is 0 Å². The highest BCUT2D eigenvalue weighted by Crippen LogP contribution is 2.25. The van der Waals surface area contributed by atoms with Gasteiger partial charge in [-0.25, -0.2) is 0 Å². The Morgan fingerprint density at radius 2 is 2.00 bits per heavy atom. The summed E-state index contributed by atoms with van der Waals surface area (Å²) in [6, 6.07) is 5.56. The van der Waals surface area contributed by atoms with E-state index >= 15 is 0 Å². The van der Waals surface area contributed by atoms with Crippen LogP contribution >= 0.6 is 27.5 Å². The SMILES string of the molecule is CC1CCC(NC(=O)c2ccc(Cl)cc2Br)CC1. The van der Waals surface area contributed by atoms with Gasteiger partial charge in [0.05, 0.1) is 5.56 Å². The summed E-state index contributed by atoms with van der Waals surface area (Å²) in [5, 5.41) is 3.73. The zero-order valence-electron chi connectivity index (χ0n) is 10.4. The number of nitrogens with one attached hydrogen (secondary N) is 1. The summed E-state index contributed by atoms with van der Waals surface area (Å²) < 4.78 is 0.747. The molecular formula is C14H17BrClNO. The van der Waals surface area contributed by atoms with E-state index in [1.165, 1.54) is 12.8 Å². The van der Waals surface area contributed by atoms with E-state index in [1.54, 1.807) is 18.2 Å². The highest BCUT2D eigenvalue weighted by Gasteiger charge is 2.21. The summed E-state index contributed by atoms with van der Waals surface area (Å²) in [6.45, 7) is 2.27. The molecule has 0 atom stereocenters. The maximum absolute atomic E-state index is 12.1. The molecule has 4 heteroatoms. The Kier molecular flexibility index (Phi) is 4.68. The van der Waals surface area contributed by atoms with Crippen molar-refractivity contribution in [1.29, 1.82) is 0 Å². The molecule has 1 aliphatic carbocycles. The van der Waals surface area contributed by atoms with Crippen molar-refractivity contribution < 1.29 is 4.79 Å². The standard InChI is InChI=1S/C14H17BrClNO/c1-9-2-5-11(6-3-9)17-14(18)12-7-4-10(16)8-13(12)15/h4,7-9,11H,2-3,5-6H2,1H3,(H,17,18). The predicted molar refractivity (Wildman–Crippen MR) is 78.0 cm³/mol. The van der Waals surface area contributed by atoms with Gasteiger partial charge in [0, 0.05) is 15.5 Å². The Bertz CT molecular complexity index is 441. The molecule has 1 aromatic rings. The van der Waals surface area contributed by atoms with Crippen LogP contribution in [0.4, 0.5) is 0 Å². The highest BCUT2D eigenvalue weighted by molar-refractivity contribution is 9.10. The second-order valence-electron chi connectivity index (χ2n) is 5.05. The van der Waals surface area contributed by atoms with Crippen LogP contribution in [0.3, 0.4) is 0 Å². The number of benzene rings is 1. The van der Waals surface area contributed by atoms with Crippen LogP contribution in [0.5, 0.6) is 0 Å². The van der Waals surface area contributed by atoms with E-state index in [0.717, 1.165) is 23.2 Å². The number of carbonyl (C=O) groups excluding carboxylic acids is 1. The molecule has 0 bridgehead atoms. The molecule has 1 fully saturated rings. The summed E-state index contributed by atoms with van der Waals surface area (Å²) >= 11 is 9.24. The molecule has 0 heterocycles. The average molecular weight is 331 g/mol. The average Bonchev–Trinajstić information content (AvgIpc) is 2.32. The van der Waals surface area contributed by atoms with Crippen molar-refractivity contribution in [3.05, 3.63) is 33.3 Å². The maximum atomic E-state index is 12.1. The monoisotopic (exact) mass is 329 g/mol. The van der Waals surface area contributed by atoms with Crippen LogP contribution in [0.1, 0.15) is 43.0 Å². The van der Waals surface area contributed by atoms with Gasteiger partial charge >= 0.3 is 0 Å². The van der Waals surface area contributed by atoms with Gasteiger partial charge in [0.25, 0.3) is 5.91 Å². The molecule has 2 rings (SSSR count). The minimum Gasteiger partial charge on any atom is -0.349 e. The van der Waals surface area contributed by atoms with Gasteiger partial charge in [-0.1, -0.05) is 18.5 Å². The fraction of sp³-hybridized carbons (Fsp3) is 0.500. The second-order valence-corrected chi connectivity index (χ2v) is 6.35. The number of halogens is 2. The first-order valence-corrected chi connectivity index (χ1v) is 7.49. The van der Waals surface area contributed by atoms with Gasteiger partial charge in [-0.3, -0.25) is 4.79 Å². The molecule has 2 nitrogen and oxygen atoms in total. The van der Waals surface area contributed by atoms with E-state index in [0.29, 0.717) is 16.6 Å². The molecule has 1 amide bonds. The number of amides is 1. The lowest BCUT2D eigenvalue weighted by Gasteiger charge is -2.27. The summed E-state index contributed by atoms with van der Waals surface area (Å²) in [4.78, 5) is 12.1. The van der Waals surface area contributed by atoms with E-state index in [4.69, 9.17) is 11.6 Å². The fourth-order valence-electron chi connectivity index (χ4n) is 2.34. The molecule has 0 radical (unpaired) electrons. The van der Waals surface area contributed by atoms with E-state index in [1.807, 2.05) is 0 Å². The Morgan fingerprint density at radius 3 is 2.61 bits per heavy atom. The van der Waals surface area contributed by atoms with Crippen molar-refractivity contribution in [3.8, 4) is 0 Å². The van der Waals surface area contributed by atoms with Crippen molar-refractivity contribution in [2.24, 2.45) is 5.92 Å². The minimum absolute atomic E-state index is 0.0157. The minimum atomic E-state index is -0.0157. The van der Waals surface area contributed by atoms with E-state index in [-0.39, 0.29) is 5.91 Å². The lowest BCUT2D eigenvalue weighted by atomic mass is 9.87. The van der Waals surface area contributed by atoms with E-state index < -0.39 is 0 Å². The zero-order valence-corrected chi connectivity index (χ0v) is 12.7. The normalized spacial score (nSPS) is 23.7. The highest BCUT2D eigenvalue weighted by atomic mass is 79.9. The molecule has 18 heavy (non-hydrogen) atoms. The second kappa shape index (κ2) is 6.07. The Morgan fingerprint density at radius 1 is 1.33 bits per heavy atom. The molecule has 0 saturated heterocycles. The molecule has 98 valence electrons. The van der Waals surface area contributed by atoms with Gasteiger partial charge in [-0.05, 0) is 65.7 Å². The zero-order chi connectivity index (χ0) is 13.1. The maximum Gasteiger partial charge on any atom is 0.252 e. The van der Waals surface area contributed by atoms with Crippen LogP contribution < -0.4 is 5.32 Å². The van der Waals surface area contributed by atoms with Crippen molar-refractivity contribution in [1.82, 2.24) is 5.32 Å². The number of carbonyl (C=O) groups is 1. The number of rotatable bonds is 2. The van der Waals surface area contributed by atoms with Crippen LogP contribution in [0, 0.1) is 5.92 Å². The smallest absolute Gasteiger partial charge is 0.252 e. The van der Waals surface area contributed by atoms with Gasteiger partial charge in [-0.15, -0.1) is 0 Å². The summed E-state index contributed by atoms with van der Waals surface area (Å²) in [5.41, 5.74) is 0.651. The predicted octanol–water partition coefficient (Wildman–Crippen LogP) is 4.41. The van der Waals surface area contributed by atoms with Gasteiger partial charge in [0.1, 0.15) is 0 Å². The van der Waals surface area contributed by atoms with Crippen LogP contribution in [0.2, 0.25) is 5.02 Å². The quantitative estimate of drug-likeness (QED) is 0.855. The van der Waals surface area contributed by atoms with Crippen LogP contribution in [-0.4, -0.2) is 11.9 Å². The summed E-state index contributed by atoms with van der Waals surface area (Å²) in [7, 11) is 0. The summed E-state index contributed by atoms with van der Waals surface area (Å²) in [6.07, 6.45) is 4.57. The van der Waals surface area contributed by atoms with Gasteiger partial charge in [0.2, 0.25) is 0 Å². The largest absolute Gasteiger partial charge is 0.349 e. The van der Waals surface area contributed by atoms with Gasteiger partial charge in [-0.2, -0.15) is 0 Å². The third kappa shape index (κ3) is 3.48. The Labute approximate surface area is 121 Å². The number of hydrogen-bond donors (Lipinski definition) is 1. The molecule has 1 aromatic carbocycles. The Balaban J connectivity index is 1.99. The molecular weight excluding hydrogens is 314 g/mol. The van der Waals surface area contributed by atoms with E-state index in [9.17, 15) is 4.79 Å². The van der Waals surface area contributed by atoms with Crippen molar-refractivity contribution >= 4 is 33.4 Å². The molecule has 1 aliphatic rings. The van der Waals surface area contributed by atoms with Crippen molar-refractivity contribution in [3.63, 3.8) is 0 Å². The van der Waals surface area contributed by atoms with Crippen LogP contribution in [0.25, 0.3) is 0 Å². The first-order valence-electron chi connectivity index (χ1n) is 6.32. The molecule has 1 saturated carbocycles. The molecule has 1 N–H and O–H groups in total. The van der Waals surface area contributed by atoms with Crippen molar-refractivity contribution in [2.75, 3.05) is 0 Å². The van der Waals surface area contributed by atoms with Crippen LogP contribution in [0.15, 0.2) is 22.7 Å². The van der Waals surface area contributed by atoms with Gasteiger partial charge < -0.3 is 5.32 Å². The lowest BCUT2D eigenvalue weighted by molar-refractivity contribution is 0.0922. The first kappa shape index (κ1) is 13.9. The van der Waals surface area contributed by atoms with Crippen LogP contribution in [-0.2, 0) is 0 Å². The molecule has 0 unspecified atom stereocenters. The third-order valence-corrected chi connectivity index (χ3v) is 4.42. The molecule has 0 aromatic heterocycles. The fourth-order valence-corrected chi connectivity index (χ4v) is 3.20. The first-order chi connectivity index (χ1) is 8.56. The molecule has 0 spiro atoms. The lowest BCUT2D eigenvalue weighted by Crippen LogP contribution is -2.37.